The van der Waals surface area contributed by atoms with Crippen LogP contribution in [0.3, 0.4) is 0 Å². The Kier molecular flexibility index (Phi) is 4.95. The van der Waals surface area contributed by atoms with Gasteiger partial charge in [0.2, 0.25) is 11.7 Å². The number of H-pyrrole nitrogens is 1. The van der Waals surface area contributed by atoms with E-state index in [9.17, 15) is 4.79 Å². The van der Waals surface area contributed by atoms with Gasteiger partial charge in [-0.25, -0.2) is 0 Å². The molecule has 140 valence electrons. The molecular formula is C19H22N6O2. The maximum absolute atomic E-state index is 12.9. The number of hydrogen-bond donors (Lipinski definition) is 1. The smallest absolute Gasteiger partial charge is 0.257 e. The van der Waals surface area contributed by atoms with Crippen molar-refractivity contribution in [3.8, 4) is 11.4 Å². The fourth-order valence-electron chi connectivity index (χ4n) is 3.59. The second-order valence-corrected chi connectivity index (χ2v) is 6.94. The first-order valence-corrected chi connectivity index (χ1v) is 9.24. The van der Waals surface area contributed by atoms with Crippen LogP contribution in [0.4, 0.5) is 0 Å². The zero-order valence-electron chi connectivity index (χ0n) is 15.3. The molecule has 3 aromatic heterocycles. The number of rotatable bonds is 5. The average Bonchev–Trinajstić information content (AvgIpc) is 3.38. The lowest BCUT2D eigenvalue weighted by atomic mass is 9.85. The van der Waals surface area contributed by atoms with Crippen molar-refractivity contribution in [2.24, 2.45) is 0 Å². The molecule has 0 radical (unpaired) electrons. The minimum Gasteiger partial charge on any atom is -0.337 e. The van der Waals surface area contributed by atoms with Crippen LogP contribution in [0.1, 0.15) is 60.0 Å². The van der Waals surface area contributed by atoms with Crippen molar-refractivity contribution in [2.75, 3.05) is 7.05 Å². The molecule has 0 spiro atoms. The van der Waals surface area contributed by atoms with Gasteiger partial charge in [-0.15, -0.1) is 0 Å². The molecule has 3 heterocycles. The van der Waals surface area contributed by atoms with E-state index in [-0.39, 0.29) is 12.5 Å². The van der Waals surface area contributed by atoms with Gasteiger partial charge in [-0.05, 0) is 25.0 Å². The van der Waals surface area contributed by atoms with Crippen molar-refractivity contribution in [3.63, 3.8) is 0 Å². The third-order valence-electron chi connectivity index (χ3n) is 5.04. The summed E-state index contributed by atoms with van der Waals surface area (Å²) in [6.07, 6.45) is 10.8. The van der Waals surface area contributed by atoms with E-state index in [0.717, 1.165) is 24.1 Å². The first-order valence-electron chi connectivity index (χ1n) is 9.24. The number of nitrogens with one attached hydrogen (secondary N) is 1. The Balaban J connectivity index is 1.46. The summed E-state index contributed by atoms with van der Waals surface area (Å²) in [5, 5.41) is 11.1. The predicted octanol–water partition coefficient (Wildman–Crippen LogP) is 3.17. The highest BCUT2D eigenvalue weighted by Gasteiger charge is 2.25. The van der Waals surface area contributed by atoms with Gasteiger partial charge in [0.15, 0.2) is 0 Å². The van der Waals surface area contributed by atoms with Crippen LogP contribution in [0, 0.1) is 0 Å². The van der Waals surface area contributed by atoms with E-state index in [1.807, 2.05) is 12.1 Å². The molecule has 0 atom stereocenters. The molecule has 0 aliphatic heterocycles. The summed E-state index contributed by atoms with van der Waals surface area (Å²) >= 11 is 0. The highest BCUT2D eigenvalue weighted by atomic mass is 16.5. The number of carbonyl (C=O) groups is 1. The topological polar surface area (TPSA) is 101 Å². The number of aromatic amines is 1. The van der Waals surface area contributed by atoms with E-state index >= 15 is 0 Å². The quantitative estimate of drug-likeness (QED) is 0.744. The lowest BCUT2D eigenvalue weighted by Crippen LogP contribution is -2.27. The highest BCUT2D eigenvalue weighted by molar-refractivity contribution is 5.95. The molecule has 1 fully saturated rings. The zero-order valence-corrected chi connectivity index (χ0v) is 15.3. The third-order valence-corrected chi connectivity index (χ3v) is 5.04. The molecule has 1 N–H and O–H groups in total. The SMILES string of the molecule is CN(Cc1nc(-c2ccncc2)no1)C(=O)c1cn[nH]c1C1CCCCC1. The van der Waals surface area contributed by atoms with Crippen molar-refractivity contribution < 1.29 is 9.32 Å². The monoisotopic (exact) mass is 366 g/mol. The molecule has 8 heteroatoms. The van der Waals surface area contributed by atoms with Gasteiger partial charge in [-0.1, -0.05) is 24.4 Å². The van der Waals surface area contributed by atoms with Crippen molar-refractivity contribution in [3.05, 3.63) is 47.9 Å². The van der Waals surface area contributed by atoms with Gasteiger partial charge >= 0.3 is 0 Å². The molecular weight excluding hydrogens is 344 g/mol. The summed E-state index contributed by atoms with van der Waals surface area (Å²) in [4.78, 5) is 22.9. The van der Waals surface area contributed by atoms with Gasteiger partial charge in [0, 0.05) is 30.9 Å². The molecule has 1 amide bonds. The molecule has 1 aliphatic rings. The van der Waals surface area contributed by atoms with E-state index in [1.165, 1.54) is 19.3 Å². The minimum absolute atomic E-state index is 0.0898. The molecule has 0 bridgehead atoms. The Morgan fingerprint density at radius 2 is 2.04 bits per heavy atom. The fraction of sp³-hybridized carbons (Fsp3) is 0.421. The van der Waals surface area contributed by atoms with Gasteiger partial charge in [-0.2, -0.15) is 10.1 Å². The van der Waals surface area contributed by atoms with Crippen LogP contribution >= 0.6 is 0 Å². The summed E-state index contributed by atoms with van der Waals surface area (Å²) in [6.45, 7) is 0.242. The van der Waals surface area contributed by atoms with Gasteiger partial charge in [0.1, 0.15) is 6.54 Å². The minimum atomic E-state index is -0.0898. The number of nitrogens with zero attached hydrogens (tertiary/aromatic N) is 5. The second-order valence-electron chi connectivity index (χ2n) is 6.94. The number of hydrogen-bond acceptors (Lipinski definition) is 6. The Morgan fingerprint density at radius 3 is 2.81 bits per heavy atom. The van der Waals surface area contributed by atoms with Crippen LogP contribution < -0.4 is 0 Å². The molecule has 0 aromatic carbocycles. The standard InChI is InChI=1S/C19H22N6O2/c1-25(12-16-22-18(24-27-16)14-7-9-20-10-8-14)19(26)15-11-21-23-17(15)13-5-3-2-4-6-13/h7-11,13H,2-6,12H2,1H3,(H,21,23). The van der Waals surface area contributed by atoms with E-state index in [4.69, 9.17) is 4.52 Å². The van der Waals surface area contributed by atoms with Gasteiger partial charge in [0.25, 0.3) is 5.91 Å². The first kappa shape index (κ1) is 17.4. The fourth-order valence-corrected chi connectivity index (χ4v) is 3.59. The van der Waals surface area contributed by atoms with Crippen molar-refractivity contribution in [1.82, 2.24) is 30.2 Å². The molecule has 27 heavy (non-hydrogen) atoms. The molecule has 8 nitrogen and oxygen atoms in total. The normalized spacial score (nSPS) is 15.0. The van der Waals surface area contributed by atoms with E-state index in [0.29, 0.717) is 23.2 Å². The number of aromatic nitrogens is 5. The van der Waals surface area contributed by atoms with E-state index in [2.05, 4.69) is 25.3 Å². The molecule has 0 saturated heterocycles. The molecule has 1 saturated carbocycles. The maximum Gasteiger partial charge on any atom is 0.257 e. The Labute approximate surface area is 157 Å². The summed E-state index contributed by atoms with van der Waals surface area (Å²) < 4.78 is 5.30. The third kappa shape index (κ3) is 3.74. The lowest BCUT2D eigenvalue weighted by Gasteiger charge is -2.22. The average molecular weight is 366 g/mol. The molecule has 0 unspecified atom stereocenters. The zero-order chi connectivity index (χ0) is 18.6. The first-order chi connectivity index (χ1) is 13.2. The number of carbonyl (C=O) groups excluding carboxylic acids is 1. The van der Waals surface area contributed by atoms with Gasteiger partial charge in [-0.3, -0.25) is 14.9 Å². The van der Waals surface area contributed by atoms with Gasteiger partial charge < -0.3 is 9.42 Å². The lowest BCUT2D eigenvalue weighted by molar-refractivity contribution is 0.0767. The molecule has 1 aliphatic carbocycles. The summed E-state index contributed by atoms with van der Waals surface area (Å²) in [7, 11) is 1.73. The van der Waals surface area contributed by atoms with Gasteiger partial charge in [0.05, 0.1) is 17.5 Å². The van der Waals surface area contributed by atoms with Crippen molar-refractivity contribution in [2.45, 2.75) is 44.6 Å². The molecule has 4 rings (SSSR count). The van der Waals surface area contributed by atoms with E-state index < -0.39 is 0 Å². The second kappa shape index (κ2) is 7.69. The molecule has 3 aromatic rings. The summed E-state index contributed by atoms with van der Waals surface area (Å²) in [5.41, 5.74) is 2.41. The van der Waals surface area contributed by atoms with Crippen LogP contribution in [-0.4, -0.2) is 43.2 Å². The van der Waals surface area contributed by atoms with E-state index in [1.54, 1.807) is 30.5 Å². The van der Waals surface area contributed by atoms with Crippen LogP contribution in [0.25, 0.3) is 11.4 Å². The van der Waals surface area contributed by atoms with Crippen LogP contribution in [0.2, 0.25) is 0 Å². The Hall–Kier alpha value is -3.03. The van der Waals surface area contributed by atoms with Crippen molar-refractivity contribution >= 4 is 5.91 Å². The summed E-state index contributed by atoms with van der Waals surface area (Å²) in [6, 6.07) is 3.62. The van der Waals surface area contributed by atoms with Crippen LogP contribution in [-0.2, 0) is 6.54 Å². The maximum atomic E-state index is 12.9. The van der Waals surface area contributed by atoms with Crippen LogP contribution in [0.15, 0.2) is 35.2 Å². The highest BCUT2D eigenvalue weighted by Crippen LogP contribution is 2.33. The Bertz CT molecular complexity index is 898. The number of pyridine rings is 1. The summed E-state index contributed by atoms with van der Waals surface area (Å²) in [5.74, 6) is 1.17. The largest absolute Gasteiger partial charge is 0.337 e. The van der Waals surface area contributed by atoms with Crippen LogP contribution in [0.5, 0.6) is 0 Å². The number of amides is 1. The van der Waals surface area contributed by atoms with Crippen molar-refractivity contribution in [1.29, 1.82) is 0 Å². The predicted molar refractivity (Wildman–Crippen MR) is 97.7 cm³/mol. The Morgan fingerprint density at radius 1 is 1.26 bits per heavy atom.